The van der Waals surface area contributed by atoms with Crippen LogP contribution in [0, 0.1) is 5.92 Å². The van der Waals surface area contributed by atoms with Crippen LogP contribution >= 0.6 is 0 Å². The lowest BCUT2D eigenvalue weighted by molar-refractivity contribution is -0.128. The molecule has 0 spiro atoms. The number of rotatable bonds is 3. The first-order chi connectivity index (χ1) is 11.1. The molecule has 3 amide bonds. The number of piperidine rings is 1. The molecule has 0 aromatic carbocycles. The minimum atomic E-state index is -0.167. The van der Waals surface area contributed by atoms with Crippen LogP contribution in [-0.2, 0) is 4.79 Å². The van der Waals surface area contributed by atoms with Gasteiger partial charge in [-0.1, -0.05) is 12.8 Å². The Kier molecular flexibility index (Phi) is 5.09. The van der Waals surface area contributed by atoms with E-state index in [-0.39, 0.29) is 23.4 Å². The molecule has 2 saturated heterocycles. The summed E-state index contributed by atoms with van der Waals surface area (Å²) in [5, 5.41) is 3.23. The molecule has 0 radical (unpaired) electrons. The average molecular weight is 322 g/mol. The molecule has 0 aromatic rings. The molecule has 6 nitrogen and oxygen atoms in total. The van der Waals surface area contributed by atoms with Gasteiger partial charge in [-0.15, -0.1) is 0 Å². The zero-order valence-corrected chi connectivity index (χ0v) is 14.1. The van der Waals surface area contributed by atoms with Crippen molar-refractivity contribution in [1.29, 1.82) is 0 Å². The Morgan fingerprint density at radius 3 is 2.09 bits per heavy atom. The van der Waals surface area contributed by atoms with Gasteiger partial charge in [0.15, 0.2) is 0 Å². The minimum Gasteiger partial charge on any atom is -0.349 e. The lowest BCUT2D eigenvalue weighted by Gasteiger charge is -2.36. The number of carbonyl (C=O) groups is 2. The number of amides is 3. The lowest BCUT2D eigenvalue weighted by atomic mass is 9.92. The molecule has 23 heavy (non-hydrogen) atoms. The molecule has 130 valence electrons. The normalized spacial score (nSPS) is 24.9. The highest BCUT2D eigenvalue weighted by molar-refractivity contribution is 5.80. The summed E-state index contributed by atoms with van der Waals surface area (Å²) in [7, 11) is 0. The van der Waals surface area contributed by atoms with Gasteiger partial charge in [0.2, 0.25) is 5.91 Å². The van der Waals surface area contributed by atoms with Crippen LogP contribution in [0.3, 0.4) is 0 Å². The first-order valence-electron chi connectivity index (χ1n) is 9.19. The first kappa shape index (κ1) is 16.6. The average Bonchev–Trinajstić information content (AvgIpc) is 3.26. The maximum atomic E-state index is 12.6. The van der Waals surface area contributed by atoms with Gasteiger partial charge < -0.3 is 20.9 Å². The van der Waals surface area contributed by atoms with Crippen molar-refractivity contribution in [2.24, 2.45) is 11.7 Å². The van der Waals surface area contributed by atoms with E-state index in [2.05, 4.69) is 5.32 Å². The SMILES string of the molecule is NCC1(NC(=O)C2CCN(C(=O)N3CCCC3)CC2)CCCC1. The molecule has 0 bridgehead atoms. The number of nitrogens with two attached hydrogens (primary N) is 1. The van der Waals surface area contributed by atoms with Crippen LogP contribution in [0.2, 0.25) is 0 Å². The van der Waals surface area contributed by atoms with Crippen LogP contribution < -0.4 is 11.1 Å². The van der Waals surface area contributed by atoms with Crippen molar-refractivity contribution in [3.05, 3.63) is 0 Å². The van der Waals surface area contributed by atoms with E-state index < -0.39 is 0 Å². The van der Waals surface area contributed by atoms with Gasteiger partial charge >= 0.3 is 6.03 Å². The van der Waals surface area contributed by atoms with E-state index in [1.165, 1.54) is 0 Å². The van der Waals surface area contributed by atoms with E-state index in [0.717, 1.165) is 64.5 Å². The van der Waals surface area contributed by atoms with Crippen molar-refractivity contribution in [2.75, 3.05) is 32.7 Å². The summed E-state index contributed by atoms with van der Waals surface area (Å²) in [6.45, 7) is 3.70. The molecule has 2 aliphatic heterocycles. The second-order valence-electron chi connectivity index (χ2n) is 7.42. The highest BCUT2D eigenvalue weighted by Gasteiger charge is 2.37. The smallest absolute Gasteiger partial charge is 0.319 e. The summed E-state index contributed by atoms with van der Waals surface area (Å²) in [6.07, 6.45) is 8.08. The maximum Gasteiger partial charge on any atom is 0.319 e. The van der Waals surface area contributed by atoms with Crippen LogP contribution in [0.25, 0.3) is 0 Å². The Labute approximate surface area is 138 Å². The van der Waals surface area contributed by atoms with Gasteiger partial charge in [-0.2, -0.15) is 0 Å². The zero-order valence-electron chi connectivity index (χ0n) is 14.1. The molecule has 3 rings (SSSR count). The number of urea groups is 1. The minimum absolute atomic E-state index is 0.0293. The predicted octanol–water partition coefficient (Wildman–Crippen LogP) is 1.30. The van der Waals surface area contributed by atoms with Crippen molar-refractivity contribution < 1.29 is 9.59 Å². The molecule has 0 aromatic heterocycles. The lowest BCUT2D eigenvalue weighted by Crippen LogP contribution is -2.55. The zero-order chi connectivity index (χ0) is 16.3. The van der Waals surface area contributed by atoms with E-state index in [9.17, 15) is 9.59 Å². The topological polar surface area (TPSA) is 78.7 Å². The summed E-state index contributed by atoms with van der Waals surface area (Å²) >= 11 is 0. The second kappa shape index (κ2) is 7.07. The third-order valence-electron chi connectivity index (χ3n) is 5.85. The molecule has 3 fully saturated rings. The summed E-state index contributed by atoms with van der Waals surface area (Å²) in [6, 6.07) is 0.163. The van der Waals surface area contributed by atoms with Gasteiger partial charge in [-0.05, 0) is 38.5 Å². The van der Waals surface area contributed by atoms with Gasteiger partial charge in [-0.25, -0.2) is 4.79 Å². The van der Waals surface area contributed by atoms with Gasteiger partial charge in [0, 0.05) is 38.6 Å². The third-order valence-corrected chi connectivity index (χ3v) is 5.85. The van der Waals surface area contributed by atoms with Crippen LogP contribution in [-0.4, -0.2) is 60.0 Å². The first-order valence-corrected chi connectivity index (χ1v) is 9.19. The second-order valence-corrected chi connectivity index (χ2v) is 7.42. The van der Waals surface area contributed by atoms with E-state index in [0.29, 0.717) is 19.6 Å². The molecule has 1 saturated carbocycles. The fourth-order valence-corrected chi connectivity index (χ4v) is 4.24. The Morgan fingerprint density at radius 1 is 0.957 bits per heavy atom. The summed E-state index contributed by atoms with van der Waals surface area (Å²) in [5.74, 6) is 0.173. The largest absolute Gasteiger partial charge is 0.349 e. The predicted molar refractivity (Wildman–Crippen MR) is 88.9 cm³/mol. The Hall–Kier alpha value is -1.30. The van der Waals surface area contributed by atoms with Crippen molar-refractivity contribution in [2.45, 2.75) is 56.9 Å². The van der Waals surface area contributed by atoms with Crippen LogP contribution in [0.4, 0.5) is 4.79 Å². The van der Waals surface area contributed by atoms with Crippen LogP contribution in [0.5, 0.6) is 0 Å². The number of nitrogens with zero attached hydrogens (tertiary/aromatic N) is 2. The molecule has 0 atom stereocenters. The molecule has 3 aliphatic rings. The number of likely N-dealkylation sites (tertiary alicyclic amines) is 2. The molecule has 1 aliphatic carbocycles. The van der Waals surface area contributed by atoms with Crippen LogP contribution in [0.1, 0.15) is 51.4 Å². The van der Waals surface area contributed by atoms with E-state index in [4.69, 9.17) is 5.73 Å². The van der Waals surface area contributed by atoms with Gasteiger partial charge in [-0.3, -0.25) is 4.79 Å². The molecular weight excluding hydrogens is 292 g/mol. The van der Waals surface area contributed by atoms with Gasteiger partial charge in [0.05, 0.1) is 5.54 Å². The molecule has 2 heterocycles. The number of hydrogen-bond acceptors (Lipinski definition) is 3. The van der Waals surface area contributed by atoms with Crippen molar-refractivity contribution in [3.8, 4) is 0 Å². The summed E-state index contributed by atoms with van der Waals surface area (Å²) < 4.78 is 0. The highest BCUT2D eigenvalue weighted by atomic mass is 16.2. The van der Waals surface area contributed by atoms with E-state index >= 15 is 0 Å². The molecule has 6 heteroatoms. The summed E-state index contributed by atoms with van der Waals surface area (Å²) in [5.41, 5.74) is 5.74. The fourth-order valence-electron chi connectivity index (χ4n) is 4.24. The standard InChI is InChI=1S/C17H30N4O2/c18-13-17(7-1-2-8-17)19-15(22)14-5-11-21(12-6-14)16(23)20-9-3-4-10-20/h14H,1-13,18H2,(H,19,22). The van der Waals surface area contributed by atoms with Gasteiger partial charge in [0.25, 0.3) is 0 Å². The Balaban J connectivity index is 1.48. The maximum absolute atomic E-state index is 12.6. The van der Waals surface area contributed by atoms with Crippen molar-refractivity contribution in [3.63, 3.8) is 0 Å². The van der Waals surface area contributed by atoms with Gasteiger partial charge in [0.1, 0.15) is 0 Å². The molecular formula is C17H30N4O2. The van der Waals surface area contributed by atoms with Crippen molar-refractivity contribution in [1.82, 2.24) is 15.1 Å². The number of nitrogens with one attached hydrogen (secondary N) is 1. The summed E-state index contributed by atoms with van der Waals surface area (Å²) in [4.78, 5) is 28.8. The molecule has 0 unspecified atom stereocenters. The monoisotopic (exact) mass is 322 g/mol. The number of carbonyl (C=O) groups excluding carboxylic acids is 2. The Morgan fingerprint density at radius 2 is 1.52 bits per heavy atom. The van der Waals surface area contributed by atoms with E-state index in [1.54, 1.807) is 0 Å². The Bertz CT molecular complexity index is 434. The number of hydrogen-bond donors (Lipinski definition) is 2. The molecule has 3 N–H and O–H groups in total. The van der Waals surface area contributed by atoms with E-state index in [1.807, 2.05) is 9.80 Å². The van der Waals surface area contributed by atoms with Crippen LogP contribution in [0.15, 0.2) is 0 Å². The van der Waals surface area contributed by atoms with Crippen molar-refractivity contribution >= 4 is 11.9 Å². The highest BCUT2D eigenvalue weighted by Crippen LogP contribution is 2.30. The third kappa shape index (κ3) is 3.62. The quantitative estimate of drug-likeness (QED) is 0.822. The fraction of sp³-hybridized carbons (Fsp3) is 0.882.